The van der Waals surface area contributed by atoms with E-state index in [9.17, 15) is 4.79 Å². The number of ether oxygens (including phenoxy) is 1. The molecule has 1 unspecified atom stereocenters. The summed E-state index contributed by atoms with van der Waals surface area (Å²) in [5, 5.41) is 3.82. The fraction of sp³-hybridized carbons (Fsp3) is 0.0714. The highest BCUT2D eigenvalue weighted by molar-refractivity contribution is 9.10. The maximum Gasteiger partial charge on any atom is 0.213 e. The van der Waals surface area contributed by atoms with Crippen LogP contribution in [0.4, 0.5) is 0 Å². The van der Waals surface area contributed by atoms with Gasteiger partial charge in [-0.25, -0.2) is 0 Å². The molecule has 1 aromatic heterocycles. The van der Waals surface area contributed by atoms with Crippen molar-refractivity contribution in [1.29, 1.82) is 0 Å². The highest BCUT2D eigenvalue weighted by Crippen LogP contribution is 2.37. The first-order valence-corrected chi connectivity index (χ1v) is 7.39. The van der Waals surface area contributed by atoms with Crippen LogP contribution in [0.5, 0.6) is 0 Å². The maximum absolute atomic E-state index is 12.5. The zero-order valence-electron chi connectivity index (χ0n) is 9.80. The SMILES string of the molecule is NC1=C(c2cccc(Br)c2)C(=O)C(c2ccsc2)O1. The van der Waals surface area contributed by atoms with Gasteiger partial charge in [0.25, 0.3) is 0 Å². The van der Waals surface area contributed by atoms with Gasteiger partial charge in [-0.15, -0.1) is 0 Å². The summed E-state index contributed by atoms with van der Waals surface area (Å²) in [5.41, 5.74) is 7.95. The van der Waals surface area contributed by atoms with Crippen molar-refractivity contribution in [2.75, 3.05) is 0 Å². The van der Waals surface area contributed by atoms with E-state index in [-0.39, 0.29) is 11.7 Å². The monoisotopic (exact) mass is 335 g/mol. The van der Waals surface area contributed by atoms with E-state index in [2.05, 4.69) is 15.9 Å². The molecule has 2 aromatic rings. The Bertz CT molecular complexity index is 664. The Labute approximate surface area is 122 Å². The van der Waals surface area contributed by atoms with Crippen LogP contribution in [0.1, 0.15) is 17.2 Å². The number of halogens is 1. The third kappa shape index (κ3) is 2.19. The molecule has 3 nitrogen and oxygen atoms in total. The molecule has 0 amide bonds. The number of carbonyl (C=O) groups is 1. The topological polar surface area (TPSA) is 52.3 Å². The van der Waals surface area contributed by atoms with Gasteiger partial charge >= 0.3 is 0 Å². The Balaban J connectivity index is 1.99. The van der Waals surface area contributed by atoms with Crippen molar-refractivity contribution in [3.8, 4) is 0 Å². The standard InChI is InChI=1S/C14H10BrNO2S/c15-10-3-1-2-8(6-10)11-12(17)13(18-14(11)16)9-4-5-19-7-9/h1-7,13H,16H2. The van der Waals surface area contributed by atoms with Crippen LogP contribution in [0.25, 0.3) is 5.57 Å². The van der Waals surface area contributed by atoms with Crippen LogP contribution < -0.4 is 5.73 Å². The molecule has 0 saturated heterocycles. The fourth-order valence-corrected chi connectivity index (χ4v) is 3.14. The molecule has 3 rings (SSSR count). The first kappa shape index (κ1) is 12.4. The number of Topliss-reactive ketones (excluding diaryl/α,β-unsaturated/α-hetero) is 1. The predicted octanol–water partition coefficient (Wildman–Crippen LogP) is 3.48. The largest absolute Gasteiger partial charge is 0.462 e. The predicted molar refractivity (Wildman–Crippen MR) is 78.4 cm³/mol. The molecule has 0 spiro atoms. The maximum atomic E-state index is 12.5. The first-order valence-electron chi connectivity index (χ1n) is 5.65. The van der Waals surface area contributed by atoms with E-state index >= 15 is 0 Å². The minimum Gasteiger partial charge on any atom is -0.462 e. The first-order chi connectivity index (χ1) is 9.16. The molecule has 1 aliphatic rings. The zero-order chi connectivity index (χ0) is 13.4. The van der Waals surface area contributed by atoms with E-state index in [0.717, 1.165) is 15.6 Å². The minimum atomic E-state index is -0.611. The van der Waals surface area contributed by atoms with Gasteiger partial charge in [-0.05, 0) is 34.5 Å². The van der Waals surface area contributed by atoms with Crippen LogP contribution in [-0.2, 0) is 9.53 Å². The summed E-state index contributed by atoms with van der Waals surface area (Å²) in [5.74, 6) is 0.105. The van der Waals surface area contributed by atoms with Gasteiger partial charge in [-0.2, -0.15) is 11.3 Å². The van der Waals surface area contributed by atoms with Gasteiger partial charge in [0.2, 0.25) is 5.78 Å². The minimum absolute atomic E-state index is 0.0889. The number of nitrogens with two attached hydrogens (primary N) is 1. The van der Waals surface area contributed by atoms with Gasteiger partial charge in [0.05, 0.1) is 5.57 Å². The highest BCUT2D eigenvalue weighted by atomic mass is 79.9. The molecule has 1 atom stereocenters. The number of carbonyl (C=O) groups excluding carboxylic acids is 1. The summed E-state index contributed by atoms with van der Waals surface area (Å²) in [6.07, 6.45) is -0.611. The van der Waals surface area contributed by atoms with Crippen LogP contribution in [0.3, 0.4) is 0 Å². The number of thiophene rings is 1. The van der Waals surface area contributed by atoms with Crippen LogP contribution in [0.15, 0.2) is 51.4 Å². The van der Waals surface area contributed by atoms with Crippen molar-refractivity contribution in [2.24, 2.45) is 5.73 Å². The molecule has 0 fully saturated rings. The molecular weight excluding hydrogens is 326 g/mol. The third-order valence-corrected chi connectivity index (χ3v) is 4.13. The molecule has 1 aromatic carbocycles. The van der Waals surface area contributed by atoms with Crippen LogP contribution in [0, 0.1) is 0 Å². The van der Waals surface area contributed by atoms with E-state index < -0.39 is 6.10 Å². The number of ketones is 1. The van der Waals surface area contributed by atoms with Gasteiger partial charge in [-0.1, -0.05) is 28.1 Å². The molecular formula is C14H10BrNO2S. The second-order valence-corrected chi connectivity index (χ2v) is 5.86. The molecule has 96 valence electrons. The second kappa shape index (κ2) is 4.83. The zero-order valence-corrected chi connectivity index (χ0v) is 12.2. The number of benzene rings is 1. The number of rotatable bonds is 2. The Morgan fingerprint density at radius 1 is 1.32 bits per heavy atom. The quantitative estimate of drug-likeness (QED) is 0.914. The van der Waals surface area contributed by atoms with Crippen molar-refractivity contribution in [3.63, 3.8) is 0 Å². The average Bonchev–Trinajstić information content (AvgIpc) is 2.97. The summed E-state index contributed by atoms with van der Waals surface area (Å²) in [6, 6.07) is 9.36. The third-order valence-electron chi connectivity index (χ3n) is 2.93. The lowest BCUT2D eigenvalue weighted by Gasteiger charge is -2.07. The lowest BCUT2D eigenvalue weighted by Crippen LogP contribution is -2.08. The molecule has 0 saturated carbocycles. The Hall–Kier alpha value is -1.59. The van der Waals surface area contributed by atoms with Crippen molar-refractivity contribution >= 4 is 38.6 Å². The molecule has 0 radical (unpaired) electrons. The summed E-state index contributed by atoms with van der Waals surface area (Å²) >= 11 is 4.92. The average molecular weight is 336 g/mol. The highest BCUT2D eigenvalue weighted by Gasteiger charge is 2.36. The molecule has 2 heterocycles. The van der Waals surface area contributed by atoms with E-state index in [1.807, 2.05) is 41.1 Å². The lowest BCUT2D eigenvalue weighted by atomic mass is 9.98. The smallest absolute Gasteiger partial charge is 0.213 e. The Morgan fingerprint density at radius 2 is 2.16 bits per heavy atom. The lowest BCUT2D eigenvalue weighted by molar-refractivity contribution is -0.120. The Kier molecular flexibility index (Phi) is 3.16. The van der Waals surface area contributed by atoms with Crippen LogP contribution in [0.2, 0.25) is 0 Å². The molecule has 1 aliphatic heterocycles. The van der Waals surface area contributed by atoms with Crippen molar-refractivity contribution in [3.05, 3.63) is 62.6 Å². The van der Waals surface area contributed by atoms with Crippen molar-refractivity contribution in [2.45, 2.75) is 6.10 Å². The summed E-state index contributed by atoms with van der Waals surface area (Å²) < 4.78 is 6.42. The van der Waals surface area contributed by atoms with Gasteiger partial charge in [-0.3, -0.25) is 4.79 Å². The molecule has 2 N–H and O–H groups in total. The van der Waals surface area contributed by atoms with E-state index in [0.29, 0.717) is 5.57 Å². The molecule has 19 heavy (non-hydrogen) atoms. The number of hydrogen-bond acceptors (Lipinski definition) is 4. The summed E-state index contributed by atoms with van der Waals surface area (Å²) in [4.78, 5) is 12.5. The van der Waals surface area contributed by atoms with Gasteiger partial charge in [0.15, 0.2) is 12.0 Å². The molecule has 0 bridgehead atoms. The van der Waals surface area contributed by atoms with E-state index in [4.69, 9.17) is 10.5 Å². The molecule has 5 heteroatoms. The molecule has 0 aliphatic carbocycles. The van der Waals surface area contributed by atoms with Crippen LogP contribution in [-0.4, -0.2) is 5.78 Å². The van der Waals surface area contributed by atoms with Gasteiger partial charge in [0, 0.05) is 10.0 Å². The van der Waals surface area contributed by atoms with Gasteiger partial charge in [0.1, 0.15) is 0 Å². The number of hydrogen-bond donors (Lipinski definition) is 1. The fourth-order valence-electron chi connectivity index (χ4n) is 2.06. The summed E-state index contributed by atoms with van der Waals surface area (Å²) in [6.45, 7) is 0. The van der Waals surface area contributed by atoms with E-state index in [1.165, 1.54) is 11.3 Å². The van der Waals surface area contributed by atoms with Gasteiger partial charge < -0.3 is 10.5 Å². The van der Waals surface area contributed by atoms with E-state index in [1.54, 1.807) is 0 Å². The Morgan fingerprint density at radius 3 is 2.84 bits per heavy atom. The van der Waals surface area contributed by atoms with Crippen molar-refractivity contribution in [1.82, 2.24) is 0 Å². The van der Waals surface area contributed by atoms with Crippen LogP contribution >= 0.6 is 27.3 Å². The normalized spacial score (nSPS) is 18.8. The van der Waals surface area contributed by atoms with Crippen molar-refractivity contribution < 1.29 is 9.53 Å². The summed E-state index contributed by atoms with van der Waals surface area (Å²) in [7, 11) is 0. The second-order valence-electron chi connectivity index (χ2n) is 4.17.